The van der Waals surface area contributed by atoms with E-state index in [-0.39, 0.29) is 23.4 Å². The first-order valence-corrected chi connectivity index (χ1v) is 9.23. The van der Waals surface area contributed by atoms with E-state index in [0.29, 0.717) is 35.1 Å². The number of hydrogen-bond donors (Lipinski definition) is 0. The van der Waals surface area contributed by atoms with E-state index in [1.54, 1.807) is 48.5 Å². The molecule has 0 aliphatic carbocycles. The Balaban J connectivity index is 1.62. The van der Waals surface area contributed by atoms with Gasteiger partial charge in [-0.05, 0) is 23.4 Å². The smallest absolute Gasteiger partial charge is 0.263 e. The second kappa shape index (κ2) is 8.79. The topological polar surface area (TPSA) is 75.1 Å². The molecule has 4 rings (SSSR count). The summed E-state index contributed by atoms with van der Waals surface area (Å²) in [5.41, 5.74) is 0.959. The van der Waals surface area contributed by atoms with E-state index in [0.717, 1.165) is 6.33 Å². The average molecular weight is 428 g/mol. The molecule has 0 spiro atoms. The quantitative estimate of drug-likeness (QED) is 0.536. The van der Waals surface area contributed by atoms with Gasteiger partial charge in [0.15, 0.2) is 6.61 Å². The van der Waals surface area contributed by atoms with Crippen molar-refractivity contribution in [2.24, 2.45) is 5.16 Å². The highest BCUT2D eigenvalue weighted by Crippen LogP contribution is 2.35. The Bertz CT molecular complexity index is 1120. The summed E-state index contributed by atoms with van der Waals surface area (Å²) >= 11 is 6.06. The Hall–Kier alpha value is -3.65. The molecule has 0 amide bonds. The minimum absolute atomic E-state index is 0.225. The zero-order valence-electron chi connectivity index (χ0n) is 15.5. The number of nitrogens with zero attached hydrogens (tertiary/aromatic N) is 3. The van der Waals surface area contributed by atoms with Gasteiger partial charge in [-0.1, -0.05) is 48.5 Å². The van der Waals surface area contributed by atoms with E-state index in [1.807, 2.05) is 0 Å². The predicted octanol–water partition coefficient (Wildman–Crippen LogP) is 5.23. The molecule has 152 valence electrons. The van der Waals surface area contributed by atoms with Crippen LogP contribution in [0, 0.1) is 5.82 Å². The van der Waals surface area contributed by atoms with Gasteiger partial charge in [-0.2, -0.15) is 14.4 Å². The van der Waals surface area contributed by atoms with Crippen LogP contribution in [0.1, 0.15) is 5.56 Å². The minimum atomic E-state index is -0.882. The van der Waals surface area contributed by atoms with Crippen molar-refractivity contribution < 1.29 is 23.4 Å². The fourth-order valence-corrected chi connectivity index (χ4v) is 2.76. The first-order chi connectivity index (χ1) is 14.6. The van der Waals surface area contributed by atoms with Crippen molar-refractivity contribution >= 4 is 23.1 Å². The van der Waals surface area contributed by atoms with E-state index in [4.69, 9.17) is 30.6 Å². The molecule has 9 heteroatoms. The van der Waals surface area contributed by atoms with Crippen molar-refractivity contribution in [3.8, 4) is 23.3 Å². The van der Waals surface area contributed by atoms with Gasteiger partial charge < -0.3 is 19.0 Å². The summed E-state index contributed by atoms with van der Waals surface area (Å²) in [6.07, 6.45) is 1.13. The van der Waals surface area contributed by atoms with Gasteiger partial charge >= 0.3 is 0 Å². The molecule has 3 aromatic rings. The number of ether oxygens (including phenoxy) is 3. The Kier molecular flexibility index (Phi) is 5.76. The van der Waals surface area contributed by atoms with Gasteiger partial charge in [-0.25, -0.2) is 0 Å². The Morgan fingerprint density at radius 1 is 0.967 bits per heavy atom. The van der Waals surface area contributed by atoms with Gasteiger partial charge in [-0.3, -0.25) is 0 Å². The first-order valence-electron chi connectivity index (χ1n) is 8.85. The number of hydrogen-bond acceptors (Lipinski definition) is 7. The molecule has 0 saturated heterocycles. The van der Waals surface area contributed by atoms with Crippen molar-refractivity contribution in [1.82, 2.24) is 9.97 Å². The standard InChI is InChI=1S/C21H15ClFN3O4/c1-13(19-26-28-11-10-27-19)14-6-2-4-8-16(14)29-20-18(23)21(25-12-24-20)30-17-9-5-3-7-15(17)22/h2-9,12H,1,10-11H2. The van der Waals surface area contributed by atoms with E-state index in [2.05, 4.69) is 21.7 Å². The minimum Gasteiger partial charge on any atom is -0.471 e. The van der Waals surface area contributed by atoms with E-state index in [1.165, 1.54) is 0 Å². The van der Waals surface area contributed by atoms with Crippen LogP contribution in [0.15, 0.2) is 66.6 Å². The van der Waals surface area contributed by atoms with Crippen molar-refractivity contribution in [3.05, 3.63) is 77.8 Å². The number of benzene rings is 2. The van der Waals surface area contributed by atoms with Crippen molar-refractivity contribution in [3.63, 3.8) is 0 Å². The lowest BCUT2D eigenvalue weighted by Gasteiger charge is -2.17. The highest BCUT2D eigenvalue weighted by atomic mass is 35.5. The molecule has 2 heterocycles. The normalized spacial score (nSPS) is 12.9. The number of halogens is 2. The zero-order chi connectivity index (χ0) is 20.9. The highest BCUT2D eigenvalue weighted by Gasteiger charge is 2.21. The molecule has 0 atom stereocenters. The zero-order valence-corrected chi connectivity index (χ0v) is 16.3. The van der Waals surface area contributed by atoms with Crippen molar-refractivity contribution in [1.29, 1.82) is 0 Å². The Labute approximate surface area is 176 Å². The molecular formula is C21H15ClFN3O4. The van der Waals surface area contributed by atoms with Gasteiger partial charge in [0.1, 0.15) is 24.4 Å². The summed E-state index contributed by atoms with van der Waals surface area (Å²) in [4.78, 5) is 12.7. The van der Waals surface area contributed by atoms with Crippen LogP contribution in [0.3, 0.4) is 0 Å². The molecule has 0 bridgehead atoms. The number of oxime groups is 1. The molecular weight excluding hydrogens is 413 g/mol. The van der Waals surface area contributed by atoms with Crippen molar-refractivity contribution in [2.45, 2.75) is 0 Å². The van der Waals surface area contributed by atoms with Crippen molar-refractivity contribution in [2.75, 3.05) is 13.2 Å². The lowest BCUT2D eigenvalue weighted by atomic mass is 10.1. The Morgan fingerprint density at radius 3 is 2.33 bits per heavy atom. The van der Waals surface area contributed by atoms with E-state index in [9.17, 15) is 4.39 Å². The lowest BCUT2D eigenvalue weighted by molar-refractivity contribution is 0.0669. The third-order valence-corrected chi connectivity index (χ3v) is 4.32. The molecule has 0 unspecified atom stereocenters. The molecule has 0 N–H and O–H groups in total. The van der Waals surface area contributed by atoms with Crippen LogP contribution in [0.4, 0.5) is 4.39 Å². The molecule has 1 aromatic heterocycles. The van der Waals surface area contributed by atoms with Gasteiger partial charge in [0, 0.05) is 11.1 Å². The van der Waals surface area contributed by atoms with Gasteiger partial charge in [0.25, 0.3) is 17.7 Å². The second-order valence-electron chi connectivity index (χ2n) is 5.99. The fraction of sp³-hybridized carbons (Fsp3) is 0.0952. The largest absolute Gasteiger partial charge is 0.471 e. The van der Waals surface area contributed by atoms with Crippen LogP contribution in [-0.4, -0.2) is 29.1 Å². The predicted molar refractivity (Wildman–Crippen MR) is 108 cm³/mol. The molecule has 1 aliphatic heterocycles. The van der Waals surface area contributed by atoms with Crippen LogP contribution in [0.25, 0.3) is 5.57 Å². The number of para-hydroxylation sites is 2. The molecule has 7 nitrogen and oxygen atoms in total. The number of rotatable bonds is 6. The van der Waals surface area contributed by atoms with Gasteiger partial charge in [0.2, 0.25) is 5.82 Å². The molecule has 0 saturated carbocycles. The molecule has 0 fully saturated rings. The third kappa shape index (κ3) is 4.18. The molecule has 1 aliphatic rings. The summed E-state index contributed by atoms with van der Waals surface area (Å²) in [5.74, 6) is -0.756. The van der Waals surface area contributed by atoms with Crippen LogP contribution in [0.2, 0.25) is 5.02 Å². The SMILES string of the molecule is C=C(C1=NOCCO1)c1ccccc1Oc1ncnc(Oc2ccccc2Cl)c1F. The molecule has 0 radical (unpaired) electrons. The van der Waals surface area contributed by atoms with Crippen LogP contribution in [-0.2, 0) is 9.57 Å². The summed E-state index contributed by atoms with van der Waals surface area (Å²) in [6, 6.07) is 13.5. The maximum Gasteiger partial charge on any atom is 0.263 e. The average Bonchev–Trinajstić information content (AvgIpc) is 2.78. The van der Waals surface area contributed by atoms with Gasteiger partial charge in [-0.15, -0.1) is 0 Å². The van der Waals surface area contributed by atoms with Crippen LogP contribution >= 0.6 is 11.6 Å². The van der Waals surface area contributed by atoms with Crippen LogP contribution in [0.5, 0.6) is 23.3 Å². The monoisotopic (exact) mass is 427 g/mol. The van der Waals surface area contributed by atoms with Crippen LogP contribution < -0.4 is 9.47 Å². The number of aromatic nitrogens is 2. The summed E-state index contributed by atoms with van der Waals surface area (Å²) in [5, 5.41) is 4.16. The summed E-state index contributed by atoms with van der Waals surface area (Å²) < 4.78 is 31.6. The Morgan fingerprint density at radius 2 is 1.63 bits per heavy atom. The molecule has 30 heavy (non-hydrogen) atoms. The fourth-order valence-electron chi connectivity index (χ4n) is 2.59. The molecule has 2 aromatic carbocycles. The van der Waals surface area contributed by atoms with Gasteiger partial charge in [0.05, 0.1) is 5.02 Å². The lowest BCUT2D eigenvalue weighted by Crippen LogP contribution is -2.17. The van der Waals surface area contributed by atoms with E-state index < -0.39 is 5.82 Å². The highest BCUT2D eigenvalue weighted by molar-refractivity contribution is 6.32. The summed E-state index contributed by atoms with van der Waals surface area (Å²) in [6.45, 7) is 4.68. The third-order valence-electron chi connectivity index (χ3n) is 4.01. The second-order valence-corrected chi connectivity index (χ2v) is 6.39. The first kappa shape index (κ1) is 19.7. The van der Waals surface area contributed by atoms with E-state index >= 15 is 0 Å². The maximum atomic E-state index is 15.0. The maximum absolute atomic E-state index is 15.0. The summed E-state index contributed by atoms with van der Waals surface area (Å²) in [7, 11) is 0.